The van der Waals surface area contributed by atoms with Crippen molar-refractivity contribution in [3.8, 4) is 5.75 Å². The molecule has 1 amide bonds. The number of hydrogen-bond donors (Lipinski definition) is 1. The minimum Gasteiger partial charge on any atom is -0.492 e. The van der Waals surface area contributed by atoms with Gasteiger partial charge >= 0.3 is 5.97 Å². The molecule has 2 unspecified atom stereocenters. The molecule has 0 spiro atoms. The maximum atomic E-state index is 12.2. The van der Waals surface area contributed by atoms with Gasteiger partial charge in [0, 0.05) is 19.5 Å². The number of carboxylic acid groups (broad SMARTS) is 1. The van der Waals surface area contributed by atoms with E-state index in [2.05, 4.69) is 0 Å². The molecule has 1 fully saturated rings. The topological polar surface area (TPSA) is 66.8 Å². The number of carbonyl (C=O) groups is 2. The van der Waals surface area contributed by atoms with Gasteiger partial charge < -0.3 is 14.7 Å². The lowest BCUT2D eigenvalue weighted by Crippen LogP contribution is -2.45. The van der Waals surface area contributed by atoms with Gasteiger partial charge in [0.1, 0.15) is 5.75 Å². The fourth-order valence-corrected chi connectivity index (χ4v) is 3.05. The van der Waals surface area contributed by atoms with Crippen molar-refractivity contribution in [2.24, 2.45) is 11.8 Å². The van der Waals surface area contributed by atoms with Gasteiger partial charge in [-0.25, -0.2) is 0 Å². The molecule has 0 bridgehead atoms. The van der Waals surface area contributed by atoms with Crippen LogP contribution in [0.5, 0.6) is 5.75 Å². The van der Waals surface area contributed by atoms with Crippen molar-refractivity contribution in [2.75, 3.05) is 19.7 Å². The van der Waals surface area contributed by atoms with Crippen LogP contribution in [0.2, 0.25) is 5.02 Å². The average molecular weight is 340 g/mol. The Kier molecular flexibility index (Phi) is 6.28. The second-order valence-electron chi connectivity index (χ2n) is 6.06. The number of nitrogens with zero attached hydrogens (tertiary/aromatic N) is 1. The first-order valence-electron chi connectivity index (χ1n) is 7.85. The third kappa shape index (κ3) is 5.13. The lowest BCUT2D eigenvalue weighted by atomic mass is 9.90. The number of amides is 1. The monoisotopic (exact) mass is 339 g/mol. The SMILES string of the molecule is CC1CC(C(=O)O)CN(C(=O)CCCOc2ccccc2Cl)C1. The second-order valence-corrected chi connectivity index (χ2v) is 6.46. The number of carbonyl (C=O) groups excluding carboxylic acids is 1. The van der Waals surface area contributed by atoms with E-state index in [1.807, 2.05) is 19.1 Å². The van der Waals surface area contributed by atoms with Crippen molar-refractivity contribution in [3.63, 3.8) is 0 Å². The summed E-state index contributed by atoms with van der Waals surface area (Å²) >= 11 is 5.99. The Hall–Kier alpha value is -1.75. The van der Waals surface area contributed by atoms with E-state index in [0.29, 0.717) is 49.7 Å². The van der Waals surface area contributed by atoms with Crippen molar-refractivity contribution in [2.45, 2.75) is 26.2 Å². The molecule has 2 atom stereocenters. The summed E-state index contributed by atoms with van der Waals surface area (Å²) < 4.78 is 5.56. The number of hydrogen-bond acceptors (Lipinski definition) is 3. The summed E-state index contributed by atoms with van der Waals surface area (Å²) in [5.41, 5.74) is 0. The molecular weight excluding hydrogens is 318 g/mol. The van der Waals surface area contributed by atoms with E-state index in [1.165, 1.54) is 0 Å². The van der Waals surface area contributed by atoms with Gasteiger partial charge in [0.25, 0.3) is 0 Å². The third-order valence-electron chi connectivity index (χ3n) is 3.99. The maximum absolute atomic E-state index is 12.2. The summed E-state index contributed by atoms with van der Waals surface area (Å²) in [4.78, 5) is 25.1. The van der Waals surface area contributed by atoms with Gasteiger partial charge in [-0.3, -0.25) is 9.59 Å². The number of piperidine rings is 1. The Bertz CT molecular complexity index is 563. The van der Waals surface area contributed by atoms with Crippen LogP contribution in [0, 0.1) is 11.8 Å². The first-order valence-corrected chi connectivity index (χ1v) is 8.23. The highest BCUT2D eigenvalue weighted by Gasteiger charge is 2.31. The van der Waals surface area contributed by atoms with Crippen LogP contribution in [0.3, 0.4) is 0 Å². The molecular formula is C17H22ClNO4. The Labute approximate surface area is 141 Å². The lowest BCUT2D eigenvalue weighted by molar-refractivity contribution is -0.147. The molecule has 1 heterocycles. The standard InChI is InChI=1S/C17H22ClNO4/c1-12-9-13(17(21)22)11-19(10-12)16(20)7-4-8-23-15-6-3-2-5-14(15)18/h2-3,5-6,12-13H,4,7-11H2,1H3,(H,21,22). The Morgan fingerprint density at radius 2 is 2.09 bits per heavy atom. The van der Waals surface area contributed by atoms with Gasteiger partial charge in [-0.1, -0.05) is 30.7 Å². The molecule has 0 aliphatic carbocycles. The second kappa shape index (κ2) is 8.20. The predicted molar refractivity (Wildman–Crippen MR) is 87.7 cm³/mol. The van der Waals surface area contributed by atoms with Crippen molar-refractivity contribution in [1.29, 1.82) is 0 Å². The fraction of sp³-hybridized carbons (Fsp3) is 0.529. The molecule has 0 saturated carbocycles. The van der Waals surface area contributed by atoms with Crippen LogP contribution in [0.4, 0.5) is 0 Å². The molecule has 126 valence electrons. The van der Waals surface area contributed by atoms with Gasteiger partial charge in [0.2, 0.25) is 5.91 Å². The Balaban J connectivity index is 1.76. The van der Waals surface area contributed by atoms with Gasteiger partial charge in [0.15, 0.2) is 0 Å². The molecule has 1 aliphatic heterocycles. The van der Waals surface area contributed by atoms with Crippen molar-refractivity contribution in [3.05, 3.63) is 29.3 Å². The van der Waals surface area contributed by atoms with Crippen LogP contribution in [0.1, 0.15) is 26.2 Å². The van der Waals surface area contributed by atoms with Crippen LogP contribution < -0.4 is 4.74 Å². The normalized spacial score (nSPS) is 21.0. The fourth-order valence-electron chi connectivity index (χ4n) is 2.86. The molecule has 23 heavy (non-hydrogen) atoms. The Morgan fingerprint density at radius 3 is 2.78 bits per heavy atom. The molecule has 6 heteroatoms. The van der Waals surface area contributed by atoms with Crippen LogP contribution in [0.25, 0.3) is 0 Å². The zero-order chi connectivity index (χ0) is 16.8. The van der Waals surface area contributed by atoms with Crippen LogP contribution in [-0.2, 0) is 9.59 Å². The number of carboxylic acids is 1. The van der Waals surface area contributed by atoms with E-state index in [0.717, 1.165) is 0 Å². The van der Waals surface area contributed by atoms with E-state index < -0.39 is 11.9 Å². The van der Waals surface area contributed by atoms with E-state index in [9.17, 15) is 9.59 Å². The number of halogens is 1. The van der Waals surface area contributed by atoms with Crippen molar-refractivity contribution < 1.29 is 19.4 Å². The minimum absolute atomic E-state index is 0.00874. The van der Waals surface area contributed by atoms with Crippen molar-refractivity contribution in [1.82, 2.24) is 4.90 Å². The average Bonchev–Trinajstić information content (AvgIpc) is 2.52. The molecule has 1 aromatic carbocycles. The first-order chi connectivity index (χ1) is 11.0. The van der Waals surface area contributed by atoms with E-state index in [4.69, 9.17) is 21.4 Å². The molecule has 2 rings (SSSR count). The highest BCUT2D eigenvalue weighted by Crippen LogP contribution is 2.24. The zero-order valence-electron chi connectivity index (χ0n) is 13.2. The summed E-state index contributed by atoms with van der Waals surface area (Å²) in [6.07, 6.45) is 1.56. The van der Waals surface area contributed by atoms with Crippen LogP contribution in [-0.4, -0.2) is 41.6 Å². The third-order valence-corrected chi connectivity index (χ3v) is 4.30. The zero-order valence-corrected chi connectivity index (χ0v) is 14.0. The molecule has 0 radical (unpaired) electrons. The molecule has 1 N–H and O–H groups in total. The number of rotatable bonds is 6. The highest BCUT2D eigenvalue weighted by molar-refractivity contribution is 6.32. The molecule has 0 aromatic heterocycles. The van der Waals surface area contributed by atoms with E-state index in [-0.39, 0.29) is 11.8 Å². The summed E-state index contributed by atoms with van der Waals surface area (Å²) in [5, 5.41) is 9.70. The van der Waals surface area contributed by atoms with E-state index >= 15 is 0 Å². The van der Waals surface area contributed by atoms with Crippen LogP contribution in [0.15, 0.2) is 24.3 Å². The van der Waals surface area contributed by atoms with Gasteiger partial charge in [-0.15, -0.1) is 0 Å². The smallest absolute Gasteiger partial charge is 0.308 e. The van der Waals surface area contributed by atoms with Gasteiger partial charge in [-0.2, -0.15) is 0 Å². The number of para-hydroxylation sites is 1. The summed E-state index contributed by atoms with van der Waals surface area (Å²) in [5.74, 6) is -0.462. The number of likely N-dealkylation sites (tertiary alicyclic amines) is 1. The molecule has 1 saturated heterocycles. The van der Waals surface area contributed by atoms with Crippen molar-refractivity contribution >= 4 is 23.5 Å². The summed E-state index contributed by atoms with van der Waals surface area (Å²) in [6.45, 7) is 3.33. The quantitative estimate of drug-likeness (QED) is 0.809. The number of benzene rings is 1. The van der Waals surface area contributed by atoms with Gasteiger partial charge in [0.05, 0.1) is 17.5 Å². The number of aliphatic carboxylic acids is 1. The molecule has 5 nitrogen and oxygen atoms in total. The first kappa shape index (κ1) is 17.6. The lowest BCUT2D eigenvalue weighted by Gasteiger charge is -2.34. The van der Waals surface area contributed by atoms with Crippen LogP contribution >= 0.6 is 11.6 Å². The predicted octanol–water partition coefficient (Wildman–Crippen LogP) is 3.07. The molecule has 1 aliphatic rings. The molecule has 1 aromatic rings. The maximum Gasteiger partial charge on any atom is 0.308 e. The largest absolute Gasteiger partial charge is 0.492 e. The number of ether oxygens (including phenoxy) is 1. The Morgan fingerprint density at radius 1 is 1.35 bits per heavy atom. The van der Waals surface area contributed by atoms with E-state index in [1.54, 1.807) is 17.0 Å². The summed E-state index contributed by atoms with van der Waals surface area (Å²) in [6, 6.07) is 7.21. The highest BCUT2D eigenvalue weighted by atomic mass is 35.5. The minimum atomic E-state index is -0.823. The van der Waals surface area contributed by atoms with Gasteiger partial charge in [-0.05, 0) is 30.9 Å². The summed E-state index contributed by atoms with van der Waals surface area (Å²) in [7, 11) is 0.